The van der Waals surface area contributed by atoms with Crippen molar-refractivity contribution in [3.8, 4) is 0 Å². The lowest BCUT2D eigenvalue weighted by atomic mass is 9.90. The summed E-state index contributed by atoms with van der Waals surface area (Å²) in [6.45, 7) is 5.56. The summed E-state index contributed by atoms with van der Waals surface area (Å²) in [7, 11) is 1.66. The number of hydroxylamine groups is 1. The van der Waals surface area contributed by atoms with Gasteiger partial charge in [-0.3, -0.25) is 19.4 Å². The van der Waals surface area contributed by atoms with Crippen molar-refractivity contribution in [2.24, 2.45) is 5.92 Å². The Labute approximate surface area is 248 Å². The summed E-state index contributed by atoms with van der Waals surface area (Å²) in [5, 5.41) is 6.23. The van der Waals surface area contributed by atoms with Crippen LogP contribution in [0, 0.1) is 5.92 Å². The number of pyridine rings is 1. The Balaban J connectivity index is 1.26. The molecule has 1 aromatic heterocycles. The number of rotatable bonds is 24. The van der Waals surface area contributed by atoms with Crippen molar-refractivity contribution < 1.29 is 19.0 Å². The van der Waals surface area contributed by atoms with Crippen LogP contribution >= 0.6 is 11.9 Å². The second kappa shape index (κ2) is 20.8. The lowest BCUT2D eigenvalue weighted by molar-refractivity contribution is -0.105. The maximum Gasteiger partial charge on any atom is 0.253 e. The first kappa shape index (κ1) is 33.5. The van der Waals surface area contributed by atoms with Crippen molar-refractivity contribution in [1.29, 1.82) is 0 Å². The molecule has 0 unspecified atom stereocenters. The highest BCUT2D eigenvalue weighted by Gasteiger charge is 2.20. The number of methoxy groups -OCH3 is 1. The van der Waals surface area contributed by atoms with Crippen molar-refractivity contribution in [2.45, 2.75) is 64.3 Å². The van der Waals surface area contributed by atoms with Crippen molar-refractivity contribution >= 4 is 23.3 Å². The van der Waals surface area contributed by atoms with Gasteiger partial charge in [0.1, 0.15) is 11.4 Å². The molecule has 0 spiro atoms. The van der Waals surface area contributed by atoms with Gasteiger partial charge in [-0.2, -0.15) is 0 Å². The fraction of sp³-hybridized carbons (Fsp3) is 0.700. The third-order valence-electron chi connectivity index (χ3n) is 7.11. The van der Waals surface area contributed by atoms with Gasteiger partial charge in [-0.25, -0.2) is 0 Å². The zero-order valence-corrected chi connectivity index (χ0v) is 25.4. The van der Waals surface area contributed by atoms with Crippen LogP contribution in [0.2, 0.25) is 0 Å². The molecule has 1 aliphatic carbocycles. The van der Waals surface area contributed by atoms with E-state index in [1.807, 2.05) is 16.6 Å². The van der Waals surface area contributed by atoms with Crippen molar-refractivity contribution in [2.75, 3.05) is 76.2 Å². The molecule has 11 heteroatoms. The van der Waals surface area contributed by atoms with E-state index >= 15 is 0 Å². The highest BCUT2D eigenvalue weighted by Crippen LogP contribution is 2.25. The Morgan fingerprint density at radius 1 is 0.927 bits per heavy atom. The molecule has 1 aromatic carbocycles. The average molecular weight is 593 g/mol. The minimum atomic E-state index is -0.454. The number of hydrogen-bond acceptors (Lipinski definition) is 11. The zero-order valence-electron chi connectivity index (χ0n) is 24.6. The fourth-order valence-electron chi connectivity index (χ4n) is 4.69. The first-order valence-electron chi connectivity index (χ1n) is 15.1. The molecule has 0 bridgehead atoms. The summed E-state index contributed by atoms with van der Waals surface area (Å²) in [4.78, 5) is 34.3. The summed E-state index contributed by atoms with van der Waals surface area (Å²) in [5.41, 5.74) is 0.851. The van der Waals surface area contributed by atoms with E-state index in [4.69, 9.17) is 19.0 Å². The Kier molecular flexibility index (Phi) is 17.0. The molecule has 10 nitrogen and oxygen atoms in total. The molecule has 0 atom stereocenters. The summed E-state index contributed by atoms with van der Waals surface area (Å²) < 4.78 is 18.2. The third-order valence-corrected chi connectivity index (χ3v) is 8.16. The Hall–Kier alpha value is -2.02. The van der Waals surface area contributed by atoms with Gasteiger partial charge in [0.2, 0.25) is 0 Å². The molecule has 0 radical (unpaired) electrons. The van der Waals surface area contributed by atoms with Gasteiger partial charge in [-0.1, -0.05) is 50.1 Å². The molecule has 230 valence electrons. The highest BCUT2D eigenvalue weighted by atomic mass is 32.2. The van der Waals surface area contributed by atoms with E-state index in [2.05, 4.69) is 15.6 Å². The quantitative estimate of drug-likeness (QED) is 0.0783. The molecule has 0 aliphatic heterocycles. The van der Waals surface area contributed by atoms with Gasteiger partial charge in [-0.05, 0) is 43.2 Å². The van der Waals surface area contributed by atoms with Crippen LogP contribution in [0.3, 0.4) is 0 Å². The van der Waals surface area contributed by atoms with Crippen LogP contribution in [0.25, 0.3) is 0 Å². The smallest absolute Gasteiger partial charge is 0.253 e. The van der Waals surface area contributed by atoms with E-state index in [1.165, 1.54) is 32.1 Å². The summed E-state index contributed by atoms with van der Waals surface area (Å²) in [5.74, 6) is 1.65. The van der Waals surface area contributed by atoms with E-state index < -0.39 is 10.9 Å². The molecule has 1 saturated carbocycles. The topological polar surface area (TPSA) is 111 Å². The van der Waals surface area contributed by atoms with Crippen molar-refractivity contribution in [3.05, 3.63) is 50.5 Å². The van der Waals surface area contributed by atoms with Crippen LogP contribution in [0.4, 0.5) is 11.4 Å². The average Bonchev–Trinajstić information content (AvgIpc) is 3.01. The molecular weight excluding hydrogens is 544 g/mol. The first-order valence-corrected chi connectivity index (χ1v) is 16.0. The summed E-state index contributed by atoms with van der Waals surface area (Å²) >= 11 is 1.74. The molecule has 2 N–H and O–H groups in total. The summed E-state index contributed by atoms with van der Waals surface area (Å²) in [6.07, 6.45) is 14.1. The maximum atomic E-state index is 12.0. The largest absolute Gasteiger partial charge is 0.382 e. The van der Waals surface area contributed by atoms with E-state index in [1.54, 1.807) is 31.5 Å². The van der Waals surface area contributed by atoms with Crippen LogP contribution in [0.5, 0.6) is 0 Å². The second-order valence-corrected chi connectivity index (χ2v) is 11.4. The first-order chi connectivity index (χ1) is 20.2. The van der Waals surface area contributed by atoms with E-state index in [0.29, 0.717) is 63.4 Å². The lowest BCUT2D eigenvalue weighted by Gasteiger charge is -2.26. The van der Waals surface area contributed by atoms with Crippen LogP contribution < -0.4 is 21.5 Å². The van der Waals surface area contributed by atoms with Crippen molar-refractivity contribution in [1.82, 2.24) is 9.45 Å². The number of nitrogens with zero attached hydrogens (tertiary/aromatic N) is 2. The van der Waals surface area contributed by atoms with E-state index in [-0.39, 0.29) is 0 Å². The molecular formula is C30H48N4O6S. The molecule has 0 amide bonds. The van der Waals surface area contributed by atoms with Gasteiger partial charge < -0.3 is 24.8 Å². The predicted octanol–water partition coefficient (Wildman–Crippen LogP) is 4.40. The van der Waals surface area contributed by atoms with E-state index in [9.17, 15) is 9.59 Å². The molecule has 1 fully saturated rings. The maximum absolute atomic E-state index is 12.0. The Morgan fingerprint density at radius 3 is 2.41 bits per heavy atom. The third kappa shape index (κ3) is 13.2. The Morgan fingerprint density at radius 2 is 1.66 bits per heavy atom. The van der Waals surface area contributed by atoms with Crippen LogP contribution in [0.15, 0.2) is 34.1 Å². The molecule has 3 rings (SSSR count). The second-order valence-electron chi connectivity index (χ2n) is 10.4. The van der Waals surface area contributed by atoms with Crippen LogP contribution in [-0.4, -0.2) is 75.0 Å². The van der Waals surface area contributed by atoms with Gasteiger partial charge >= 0.3 is 0 Å². The van der Waals surface area contributed by atoms with Gasteiger partial charge in [-0.15, -0.1) is 4.47 Å². The molecule has 1 heterocycles. The van der Waals surface area contributed by atoms with E-state index in [0.717, 1.165) is 50.2 Å². The number of anilines is 2. The minimum Gasteiger partial charge on any atom is -0.382 e. The van der Waals surface area contributed by atoms with Gasteiger partial charge in [0, 0.05) is 38.3 Å². The van der Waals surface area contributed by atoms with Gasteiger partial charge in [0.25, 0.3) is 10.9 Å². The SMILES string of the molecule is COCCOCCOCCN(OCC1CCCCC1)SCCCCCCNc1c(NCc2cccnc2)c(=O)c1=O. The number of hydrogen-bond donors (Lipinski definition) is 2. The lowest BCUT2D eigenvalue weighted by Crippen LogP contribution is -2.37. The number of unbranched alkanes of at least 4 members (excludes halogenated alkanes) is 3. The minimum absolute atomic E-state index is 0.381. The van der Waals surface area contributed by atoms with Crippen LogP contribution in [0.1, 0.15) is 63.4 Å². The zero-order chi connectivity index (χ0) is 29.0. The summed E-state index contributed by atoms with van der Waals surface area (Å²) in [6, 6.07) is 3.77. The normalized spacial score (nSPS) is 14.2. The molecule has 41 heavy (non-hydrogen) atoms. The van der Waals surface area contributed by atoms with Crippen molar-refractivity contribution in [3.63, 3.8) is 0 Å². The molecule has 1 aliphatic rings. The number of nitrogens with one attached hydrogen (secondary N) is 2. The fourth-order valence-corrected chi connectivity index (χ4v) is 5.57. The monoisotopic (exact) mass is 592 g/mol. The molecule has 2 aromatic rings. The number of aromatic nitrogens is 1. The highest BCUT2D eigenvalue weighted by molar-refractivity contribution is 7.96. The molecule has 0 saturated heterocycles. The van der Waals surface area contributed by atoms with Crippen LogP contribution in [-0.2, 0) is 25.6 Å². The predicted molar refractivity (Wildman–Crippen MR) is 165 cm³/mol. The standard InChI is InChI=1S/C30H48N4O6S/c1-37-17-18-39-20-19-38-16-15-34(40-24-25-10-5-4-6-11-25)41-21-8-3-2-7-14-32-27-28(30(36)29(27)35)33-23-26-12-9-13-31-22-26/h9,12-13,22,25,32-33H,2-8,10-11,14-21,23-24H2,1H3. The number of ether oxygens (including phenoxy) is 3. The van der Waals surface area contributed by atoms with Gasteiger partial charge in [0.15, 0.2) is 0 Å². The van der Waals surface area contributed by atoms with Gasteiger partial charge in [0.05, 0.1) is 46.2 Å². The Bertz CT molecular complexity index is 1010.